The number of carbonyl (C=O) groups is 2. The fraction of sp³-hybridized carbons (Fsp3) is 0.333. The van der Waals surface area contributed by atoms with E-state index in [0.717, 1.165) is 11.3 Å². The second-order valence-electron chi connectivity index (χ2n) is 6.30. The molecule has 1 aromatic carbocycles. The molecule has 1 N–H and O–H groups in total. The van der Waals surface area contributed by atoms with Gasteiger partial charge in [0.05, 0.1) is 19.3 Å². The highest BCUT2D eigenvalue weighted by atomic mass is 16.5. The molecule has 0 atom stereocenters. The van der Waals surface area contributed by atoms with Crippen LogP contribution in [0.25, 0.3) is 0 Å². The molecule has 2 aliphatic heterocycles. The number of nitrogens with zero attached hydrogens (tertiary/aromatic N) is 4. The highest BCUT2D eigenvalue weighted by Crippen LogP contribution is 2.32. The second kappa shape index (κ2) is 6.75. The van der Waals surface area contributed by atoms with E-state index >= 15 is 0 Å². The third-order valence-corrected chi connectivity index (χ3v) is 4.54. The number of urea groups is 1. The van der Waals surface area contributed by atoms with Gasteiger partial charge < -0.3 is 14.6 Å². The minimum absolute atomic E-state index is 0.159. The van der Waals surface area contributed by atoms with Crippen LogP contribution >= 0.6 is 0 Å². The Bertz CT molecular complexity index is 936. The van der Waals surface area contributed by atoms with Gasteiger partial charge in [0.1, 0.15) is 23.7 Å². The van der Waals surface area contributed by atoms with Crippen molar-refractivity contribution in [3.8, 4) is 5.75 Å². The second-order valence-corrected chi connectivity index (χ2v) is 6.30. The molecule has 3 amide bonds. The van der Waals surface area contributed by atoms with Crippen LogP contribution in [0.2, 0.25) is 0 Å². The first-order chi connectivity index (χ1) is 13.1. The molecule has 0 fully saturated rings. The fourth-order valence-electron chi connectivity index (χ4n) is 3.20. The molecular formula is C18H19N5O4. The molecule has 0 unspecified atom stereocenters. The first-order valence-corrected chi connectivity index (χ1v) is 8.58. The Kier molecular flexibility index (Phi) is 4.27. The summed E-state index contributed by atoms with van der Waals surface area (Å²) in [6.07, 6.45) is 0. The number of aryl methyl sites for hydroxylation is 1. The largest absolute Gasteiger partial charge is 0.497 e. The van der Waals surface area contributed by atoms with Crippen LogP contribution in [0.1, 0.15) is 16.8 Å². The number of fused-ring (bicyclic) bond motifs is 3. The summed E-state index contributed by atoms with van der Waals surface area (Å²) in [5, 5.41) is 6.76. The van der Waals surface area contributed by atoms with E-state index in [1.54, 1.807) is 18.9 Å². The van der Waals surface area contributed by atoms with Gasteiger partial charge in [-0.15, -0.1) is 0 Å². The first-order valence-electron chi connectivity index (χ1n) is 8.58. The minimum atomic E-state index is -0.327. The van der Waals surface area contributed by atoms with E-state index in [1.165, 1.54) is 4.90 Å². The van der Waals surface area contributed by atoms with Crippen molar-refractivity contribution in [1.29, 1.82) is 0 Å². The minimum Gasteiger partial charge on any atom is -0.497 e. The Balaban J connectivity index is 1.48. The van der Waals surface area contributed by atoms with Gasteiger partial charge in [0.25, 0.3) is 0 Å². The van der Waals surface area contributed by atoms with E-state index in [4.69, 9.17) is 9.26 Å². The zero-order valence-corrected chi connectivity index (χ0v) is 15.1. The molecular weight excluding hydrogens is 350 g/mol. The summed E-state index contributed by atoms with van der Waals surface area (Å²) < 4.78 is 10.5. The van der Waals surface area contributed by atoms with Crippen molar-refractivity contribution in [2.45, 2.75) is 13.5 Å². The summed E-state index contributed by atoms with van der Waals surface area (Å²) in [6.45, 7) is 2.98. The van der Waals surface area contributed by atoms with Crippen molar-refractivity contribution >= 4 is 23.7 Å². The molecule has 9 heteroatoms. The number of benzene rings is 1. The van der Waals surface area contributed by atoms with Crippen LogP contribution in [-0.4, -0.2) is 54.6 Å². The lowest BCUT2D eigenvalue weighted by Crippen LogP contribution is -2.52. The molecule has 0 radical (unpaired) electrons. The normalized spacial score (nSPS) is 15.3. The zero-order chi connectivity index (χ0) is 19.0. The molecule has 0 saturated carbocycles. The smallest absolute Gasteiger partial charge is 0.333 e. The van der Waals surface area contributed by atoms with Crippen LogP contribution in [0, 0.1) is 6.92 Å². The van der Waals surface area contributed by atoms with Gasteiger partial charge in [0.2, 0.25) is 11.8 Å². The first kappa shape index (κ1) is 17.1. The number of rotatable bonds is 5. The lowest BCUT2D eigenvalue weighted by molar-refractivity contribution is -0.119. The van der Waals surface area contributed by atoms with Gasteiger partial charge in [-0.3, -0.25) is 19.6 Å². The predicted octanol–water partition coefficient (Wildman–Crippen LogP) is 1.31. The highest BCUT2D eigenvalue weighted by Gasteiger charge is 2.42. The summed E-state index contributed by atoms with van der Waals surface area (Å²) in [7, 11) is 1.59. The van der Waals surface area contributed by atoms with E-state index in [1.807, 2.05) is 24.3 Å². The average molecular weight is 369 g/mol. The maximum absolute atomic E-state index is 12.8. The van der Waals surface area contributed by atoms with Crippen LogP contribution in [0.4, 0.5) is 10.7 Å². The molecule has 0 saturated heterocycles. The summed E-state index contributed by atoms with van der Waals surface area (Å²) in [4.78, 5) is 32.4. The van der Waals surface area contributed by atoms with Crippen LogP contribution in [0.15, 0.2) is 33.8 Å². The number of hydrogen-bond donors (Lipinski definition) is 1. The van der Waals surface area contributed by atoms with Crippen LogP contribution < -0.4 is 15.0 Å². The molecule has 27 heavy (non-hydrogen) atoms. The zero-order valence-electron chi connectivity index (χ0n) is 15.1. The number of amidine groups is 1. The average Bonchev–Trinajstić information content (AvgIpc) is 3.30. The van der Waals surface area contributed by atoms with Crippen molar-refractivity contribution in [3.63, 3.8) is 0 Å². The Labute approximate surface area is 155 Å². The van der Waals surface area contributed by atoms with Gasteiger partial charge in [-0.2, -0.15) is 0 Å². The van der Waals surface area contributed by atoms with Gasteiger partial charge in [-0.25, -0.2) is 4.79 Å². The number of aromatic nitrogens is 1. The van der Waals surface area contributed by atoms with E-state index in [-0.39, 0.29) is 24.4 Å². The monoisotopic (exact) mass is 369 g/mol. The molecule has 0 aliphatic carbocycles. The van der Waals surface area contributed by atoms with E-state index < -0.39 is 0 Å². The number of ether oxygens (including phenoxy) is 1. The van der Waals surface area contributed by atoms with Crippen molar-refractivity contribution in [3.05, 3.63) is 41.1 Å². The van der Waals surface area contributed by atoms with Gasteiger partial charge in [-0.05, 0) is 24.6 Å². The molecule has 140 valence electrons. The molecule has 0 bridgehead atoms. The Morgan fingerprint density at radius 1 is 1.41 bits per heavy atom. The van der Waals surface area contributed by atoms with Crippen molar-refractivity contribution in [2.75, 3.05) is 31.6 Å². The highest BCUT2D eigenvalue weighted by molar-refractivity contribution is 6.20. The van der Waals surface area contributed by atoms with Crippen molar-refractivity contribution in [1.82, 2.24) is 15.4 Å². The predicted molar refractivity (Wildman–Crippen MR) is 96.9 cm³/mol. The summed E-state index contributed by atoms with van der Waals surface area (Å²) in [6, 6.07) is 7.09. The number of aliphatic imine (C=N–C) groups is 1. The third kappa shape index (κ3) is 3.01. The molecule has 2 aromatic rings. The standard InChI is InChI=1S/C18H19N5O4/c1-11-15-16-19-6-7-22(16)18(25)23(17(15)27-21-11)10-14(24)20-9-12-4-3-5-13(8-12)26-2/h3-5,8H,6-7,9-10H2,1-2H3,(H,20,24). The summed E-state index contributed by atoms with van der Waals surface area (Å²) in [5.74, 6) is 1.26. The molecule has 9 nitrogen and oxygen atoms in total. The number of methoxy groups -OCH3 is 1. The van der Waals surface area contributed by atoms with Crippen molar-refractivity contribution < 1.29 is 18.8 Å². The fourth-order valence-corrected chi connectivity index (χ4v) is 3.20. The molecule has 0 spiro atoms. The molecule has 3 heterocycles. The Morgan fingerprint density at radius 2 is 2.26 bits per heavy atom. The van der Waals surface area contributed by atoms with Gasteiger partial charge in [0, 0.05) is 13.1 Å². The molecule has 1 aromatic heterocycles. The van der Waals surface area contributed by atoms with E-state index in [0.29, 0.717) is 36.7 Å². The van der Waals surface area contributed by atoms with Crippen molar-refractivity contribution in [2.24, 2.45) is 4.99 Å². The molecule has 4 rings (SSSR count). The Morgan fingerprint density at radius 3 is 3.07 bits per heavy atom. The number of carbonyl (C=O) groups excluding carboxylic acids is 2. The summed E-state index contributed by atoms with van der Waals surface area (Å²) >= 11 is 0. The number of anilines is 1. The lowest BCUT2D eigenvalue weighted by atomic mass is 10.1. The van der Waals surface area contributed by atoms with Gasteiger partial charge in [-0.1, -0.05) is 17.3 Å². The van der Waals surface area contributed by atoms with E-state index in [2.05, 4.69) is 15.5 Å². The summed E-state index contributed by atoms with van der Waals surface area (Å²) in [5.41, 5.74) is 2.22. The van der Waals surface area contributed by atoms with Crippen LogP contribution in [-0.2, 0) is 11.3 Å². The lowest BCUT2D eigenvalue weighted by Gasteiger charge is -2.31. The topological polar surface area (TPSA) is 100 Å². The van der Waals surface area contributed by atoms with Crippen LogP contribution in [0.5, 0.6) is 5.75 Å². The van der Waals surface area contributed by atoms with E-state index in [9.17, 15) is 9.59 Å². The maximum Gasteiger partial charge on any atom is 0.333 e. The third-order valence-electron chi connectivity index (χ3n) is 4.54. The number of amides is 3. The maximum atomic E-state index is 12.8. The SMILES string of the molecule is COc1cccc(CNC(=O)CN2C(=O)N3CCN=C3c3c(C)noc32)c1. The van der Waals surface area contributed by atoms with Crippen LogP contribution in [0.3, 0.4) is 0 Å². The van der Waals surface area contributed by atoms with Gasteiger partial charge >= 0.3 is 6.03 Å². The molecule has 2 aliphatic rings. The quantitative estimate of drug-likeness (QED) is 0.856. The number of nitrogens with one attached hydrogen (secondary N) is 1. The number of hydrogen-bond acceptors (Lipinski definition) is 6. The Hall–Kier alpha value is -3.36. The van der Waals surface area contributed by atoms with Gasteiger partial charge in [0.15, 0.2) is 0 Å².